The molecule has 1 fully saturated rings. The molecule has 2 nitrogen and oxygen atoms in total. The first kappa shape index (κ1) is 9.46. The molecule has 1 aliphatic rings. The van der Waals surface area contributed by atoms with Crippen LogP contribution < -0.4 is 0 Å². The first-order valence-corrected chi connectivity index (χ1v) is 4.34. The van der Waals surface area contributed by atoms with Crippen LogP contribution in [0, 0.1) is 5.92 Å². The third-order valence-electron chi connectivity index (χ3n) is 2.71. The monoisotopic (exact) mass is 168 g/mol. The summed E-state index contributed by atoms with van der Waals surface area (Å²) in [5.74, 6) is 0.250. The van der Waals surface area contributed by atoms with Crippen molar-refractivity contribution in [3.8, 4) is 0 Å². The first-order chi connectivity index (χ1) is 5.43. The van der Waals surface area contributed by atoms with Crippen molar-refractivity contribution in [2.75, 3.05) is 0 Å². The van der Waals surface area contributed by atoms with Gasteiger partial charge in [0.1, 0.15) is 5.60 Å². The summed E-state index contributed by atoms with van der Waals surface area (Å²) in [7, 11) is 0. The fourth-order valence-corrected chi connectivity index (χ4v) is 1.56. The zero-order chi connectivity index (χ0) is 9.35. The number of hydrogen-bond acceptors (Lipinski definition) is 2. The number of allylic oxidation sites excluding steroid dienone is 1. The lowest BCUT2D eigenvalue weighted by molar-refractivity contribution is -0.140. The van der Waals surface area contributed by atoms with Crippen LogP contribution in [0.5, 0.6) is 0 Å². The Morgan fingerprint density at radius 1 is 1.75 bits per heavy atom. The number of rotatable bonds is 1. The molecule has 2 heteroatoms. The number of hydrogen-bond donors (Lipinski definition) is 1. The van der Waals surface area contributed by atoms with Crippen LogP contribution in [-0.2, 0) is 4.79 Å². The van der Waals surface area contributed by atoms with E-state index in [0.29, 0.717) is 12.8 Å². The molecule has 1 N–H and O–H groups in total. The lowest BCUT2D eigenvalue weighted by Crippen LogP contribution is -2.40. The smallest absolute Gasteiger partial charge is 0.164 e. The van der Waals surface area contributed by atoms with Gasteiger partial charge < -0.3 is 5.11 Å². The summed E-state index contributed by atoms with van der Waals surface area (Å²) in [6.07, 6.45) is 1.92. The minimum atomic E-state index is -1.08. The van der Waals surface area contributed by atoms with Crippen LogP contribution in [0.2, 0.25) is 0 Å². The molecule has 0 radical (unpaired) electrons. The Morgan fingerprint density at radius 2 is 2.33 bits per heavy atom. The first-order valence-electron chi connectivity index (χ1n) is 4.34. The van der Waals surface area contributed by atoms with E-state index in [4.69, 9.17) is 0 Å². The second-order valence-electron chi connectivity index (χ2n) is 3.98. The molecule has 0 heterocycles. The summed E-state index contributed by atoms with van der Waals surface area (Å²) >= 11 is 0. The van der Waals surface area contributed by atoms with Gasteiger partial charge in [-0.2, -0.15) is 0 Å². The van der Waals surface area contributed by atoms with E-state index in [0.717, 1.165) is 12.0 Å². The maximum Gasteiger partial charge on any atom is 0.164 e. The Bertz CT molecular complexity index is 216. The van der Waals surface area contributed by atoms with Crippen molar-refractivity contribution in [3.05, 3.63) is 12.2 Å². The van der Waals surface area contributed by atoms with E-state index in [9.17, 15) is 9.90 Å². The van der Waals surface area contributed by atoms with E-state index in [-0.39, 0.29) is 11.7 Å². The molecule has 0 saturated heterocycles. The second kappa shape index (κ2) is 3.02. The number of carbonyl (C=O) groups is 1. The van der Waals surface area contributed by atoms with Gasteiger partial charge in [-0.3, -0.25) is 4.79 Å². The predicted molar refractivity (Wildman–Crippen MR) is 47.8 cm³/mol. The largest absolute Gasteiger partial charge is 0.382 e. The highest BCUT2D eigenvalue weighted by Crippen LogP contribution is 2.32. The third kappa shape index (κ3) is 1.75. The Morgan fingerprint density at radius 3 is 2.75 bits per heavy atom. The Hall–Kier alpha value is -0.630. The summed E-state index contributed by atoms with van der Waals surface area (Å²) in [6, 6.07) is 0. The molecule has 0 aromatic carbocycles. The standard InChI is InChI=1S/C10H16O2/c1-7(2)8-4-5-10(3,12)9(11)6-8/h8,12H,1,4-6H2,2-3H3/t8-,10+/m0/s1. The van der Waals surface area contributed by atoms with Crippen molar-refractivity contribution in [1.82, 2.24) is 0 Å². The van der Waals surface area contributed by atoms with E-state index in [2.05, 4.69) is 6.58 Å². The van der Waals surface area contributed by atoms with Crippen LogP contribution in [0.1, 0.15) is 33.1 Å². The zero-order valence-electron chi connectivity index (χ0n) is 7.76. The van der Waals surface area contributed by atoms with Crippen molar-refractivity contribution >= 4 is 5.78 Å². The van der Waals surface area contributed by atoms with E-state index >= 15 is 0 Å². The second-order valence-corrected chi connectivity index (χ2v) is 3.98. The van der Waals surface area contributed by atoms with Crippen LogP contribution in [0.15, 0.2) is 12.2 Å². The quantitative estimate of drug-likeness (QED) is 0.605. The molecule has 2 atom stereocenters. The summed E-state index contributed by atoms with van der Waals surface area (Å²) in [4.78, 5) is 11.3. The summed E-state index contributed by atoms with van der Waals surface area (Å²) in [6.45, 7) is 7.37. The van der Waals surface area contributed by atoms with Crippen LogP contribution in [0.4, 0.5) is 0 Å². The maximum absolute atomic E-state index is 11.3. The van der Waals surface area contributed by atoms with Gasteiger partial charge in [-0.1, -0.05) is 12.2 Å². The molecule has 0 bridgehead atoms. The molecule has 0 amide bonds. The van der Waals surface area contributed by atoms with Crippen LogP contribution >= 0.6 is 0 Å². The van der Waals surface area contributed by atoms with Gasteiger partial charge in [0.05, 0.1) is 0 Å². The maximum atomic E-state index is 11.3. The summed E-state index contributed by atoms with van der Waals surface area (Å²) in [5.41, 5.74) is -0.0229. The van der Waals surface area contributed by atoms with Gasteiger partial charge in [-0.05, 0) is 32.6 Å². The number of ketones is 1. The van der Waals surface area contributed by atoms with Crippen LogP contribution in [-0.4, -0.2) is 16.5 Å². The lowest BCUT2D eigenvalue weighted by Gasteiger charge is -2.31. The average Bonchev–Trinajstić information content (AvgIpc) is 1.94. The van der Waals surface area contributed by atoms with Gasteiger partial charge in [0.25, 0.3) is 0 Å². The van der Waals surface area contributed by atoms with E-state index in [1.54, 1.807) is 6.92 Å². The van der Waals surface area contributed by atoms with Crippen molar-refractivity contribution in [1.29, 1.82) is 0 Å². The normalized spacial score (nSPS) is 36.6. The summed E-state index contributed by atoms with van der Waals surface area (Å²) in [5, 5.41) is 9.56. The SMILES string of the molecule is C=C(C)[C@H]1CC[C@@](C)(O)C(=O)C1. The fourth-order valence-electron chi connectivity index (χ4n) is 1.56. The number of Topliss-reactive ketones (excluding diaryl/α,β-unsaturated/α-hetero) is 1. The molecule has 0 spiro atoms. The summed E-state index contributed by atoms with van der Waals surface area (Å²) < 4.78 is 0. The predicted octanol–water partition coefficient (Wildman–Crippen LogP) is 1.68. The lowest BCUT2D eigenvalue weighted by atomic mass is 9.76. The van der Waals surface area contributed by atoms with E-state index in [1.807, 2.05) is 6.92 Å². The molecule has 1 saturated carbocycles. The number of carbonyl (C=O) groups excluding carboxylic acids is 1. The van der Waals surface area contributed by atoms with Gasteiger partial charge in [-0.25, -0.2) is 0 Å². The van der Waals surface area contributed by atoms with Crippen LogP contribution in [0.25, 0.3) is 0 Å². The Balaban J connectivity index is 2.64. The topological polar surface area (TPSA) is 37.3 Å². The molecular formula is C10H16O2. The third-order valence-corrected chi connectivity index (χ3v) is 2.71. The van der Waals surface area contributed by atoms with Gasteiger partial charge in [-0.15, -0.1) is 0 Å². The molecule has 0 unspecified atom stereocenters. The van der Waals surface area contributed by atoms with Gasteiger partial charge in [0, 0.05) is 6.42 Å². The van der Waals surface area contributed by atoms with E-state index < -0.39 is 5.60 Å². The minimum Gasteiger partial charge on any atom is -0.382 e. The molecule has 12 heavy (non-hydrogen) atoms. The zero-order valence-corrected chi connectivity index (χ0v) is 7.76. The highest BCUT2D eigenvalue weighted by Gasteiger charge is 2.36. The van der Waals surface area contributed by atoms with Crippen molar-refractivity contribution < 1.29 is 9.90 Å². The van der Waals surface area contributed by atoms with Gasteiger partial charge in [0.15, 0.2) is 5.78 Å². The Kier molecular flexibility index (Phi) is 2.38. The van der Waals surface area contributed by atoms with Crippen molar-refractivity contribution in [3.63, 3.8) is 0 Å². The highest BCUT2D eigenvalue weighted by molar-refractivity contribution is 5.87. The molecular weight excluding hydrogens is 152 g/mol. The molecule has 1 aliphatic carbocycles. The molecule has 0 aliphatic heterocycles. The number of aliphatic hydroxyl groups is 1. The van der Waals surface area contributed by atoms with Gasteiger partial charge >= 0.3 is 0 Å². The average molecular weight is 168 g/mol. The van der Waals surface area contributed by atoms with Gasteiger partial charge in [0.2, 0.25) is 0 Å². The van der Waals surface area contributed by atoms with Crippen molar-refractivity contribution in [2.24, 2.45) is 5.92 Å². The van der Waals surface area contributed by atoms with Crippen molar-refractivity contribution in [2.45, 2.75) is 38.7 Å². The molecule has 68 valence electrons. The Labute approximate surface area is 73.3 Å². The fraction of sp³-hybridized carbons (Fsp3) is 0.700. The molecule has 1 rings (SSSR count). The van der Waals surface area contributed by atoms with Crippen LogP contribution in [0.3, 0.4) is 0 Å². The molecule has 0 aromatic heterocycles. The highest BCUT2D eigenvalue weighted by atomic mass is 16.3. The minimum absolute atomic E-state index is 0.0400. The van der Waals surface area contributed by atoms with E-state index in [1.165, 1.54) is 0 Å². The molecule has 0 aromatic rings.